The molecule has 0 aliphatic rings. The van der Waals surface area contributed by atoms with Crippen LogP contribution >= 0.6 is 0 Å². The first-order chi connectivity index (χ1) is 10.3. The molecule has 1 heterocycles. The summed E-state index contributed by atoms with van der Waals surface area (Å²) in [6, 6.07) is 21.5. The Morgan fingerprint density at radius 2 is 1.43 bits per heavy atom. The Bertz CT molecular complexity index is 800. The molecule has 0 amide bonds. The van der Waals surface area contributed by atoms with E-state index in [4.69, 9.17) is 5.73 Å². The normalized spacial score (nSPS) is 9.71. The number of aromatic nitrogens is 2. The molecule has 0 fully saturated rings. The Kier molecular flexibility index (Phi) is 3.62. The van der Waals surface area contributed by atoms with Gasteiger partial charge in [0.05, 0.1) is 5.69 Å². The van der Waals surface area contributed by atoms with Crippen molar-refractivity contribution in [3.63, 3.8) is 0 Å². The van der Waals surface area contributed by atoms with Crippen LogP contribution in [0.1, 0.15) is 11.3 Å². The molecule has 3 heteroatoms. The summed E-state index contributed by atoms with van der Waals surface area (Å²) in [4.78, 5) is 8.43. The number of nitrogen functional groups attached to an aromatic ring is 1. The maximum atomic E-state index is 5.78. The van der Waals surface area contributed by atoms with E-state index in [2.05, 4.69) is 21.8 Å². The molecule has 3 rings (SSSR count). The van der Waals surface area contributed by atoms with Crippen molar-refractivity contribution in [3.05, 3.63) is 78.0 Å². The van der Waals surface area contributed by atoms with Crippen LogP contribution in [0.5, 0.6) is 0 Å². The minimum atomic E-state index is 0.230. The molecule has 0 unspecified atom stereocenters. The lowest BCUT2D eigenvalue weighted by molar-refractivity contribution is 1.17. The summed E-state index contributed by atoms with van der Waals surface area (Å²) < 4.78 is 0. The number of rotatable bonds is 1. The Labute approximate surface area is 123 Å². The van der Waals surface area contributed by atoms with Gasteiger partial charge in [-0.25, -0.2) is 9.97 Å². The molecule has 0 spiro atoms. The lowest BCUT2D eigenvalue weighted by Gasteiger charge is -2.02. The quantitative estimate of drug-likeness (QED) is 0.692. The highest BCUT2D eigenvalue weighted by atomic mass is 15.0. The van der Waals surface area contributed by atoms with Gasteiger partial charge in [-0.2, -0.15) is 0 Å². The lowest BCUT2D eigenvalue weighted by atomic mass is 10.1. The summed E-state index contributed by atoms with van der Waals surface area (Å²) in [7, 11) is 0. The van der Waals surface area contributed by atoms with Gasteiger partial charge in [-0.15, -0.1) is 0 Å². The number of benzene rings is 2. The summed E-state index contributed by atoms with van der Waals surface area (Å²) in [5, 5.41) is 0. The molecule has 0 radical (unpaired) electrons. The van der Waals surface area contributed by atoms with Crippen LogP contribution in [0.4, 0.5) is 5.95 Å². The van der Waals surface area contributed by atoms with Gasteiger partial charge < -0.3 is 5.73 Å². The van der Waals surface area contributed by atoms with Crippen LogP contribution in [-0.2, 0) is 0 Å². The van der Waals surface area contributed by atoms with Crippen LogP contribution in [0.2, 0.25) is 0 Å². The van der Waals surface area contributed by atoms with E-state index in [1.165, 1.54) is 0 Å². The topological polar surface area (TPSA) is 51.8 Å². The predicted octanol–water partition coefficient (Wildman–Crippen LogP) is 3.13. The van der Waals surface area contributed by atoms with Crippen LogP contribution in [-0.4, -0.2) is 9.97 Å². The van der Waals surface area contributed by atoms with Gasteiger partial charge in [0.2, 0.25) is 5.95 Å². The molecule has 3 aromatic rings. The maximum Gasteiger partial charge on any atom is 0.221 e. The van der Waals surface area contributed by atoms with Crippen molar-refractivity contribution in [3.8, 4) is 23.1 Å². The summed E-state index contributed by atoms with van der Waals surface area (Å²) in [6.45, 7) is 0. The van der Waals surface area contributed by atoms with E-state index >= 15 is 0 Å². The van der Waals surface area contributed by atoms with E-state index in [0.29, 0.717) is 5.69 Å². The summed E-state index contributed by atoms with van der Waals surface area (Å²) >= 11 is 0. The highest BCUT2D eigenvalue weighted by Crippen LogP contribution is 2.17. The van der Waals surface area contributed by atoms with E-state index in [1.54, 1.807) is 0 Å². The Balaban J connectivity index is 1.98. The highest BCUT2D eigenvalue weighted by Gasteiger charge is 2.02. The highest BCUT2D eigenvalue weighted by molar-refractivity contribution is 5.61. The fourth-order valence-electron chi connectivity index (χ4n) is 1.94. The standard InChI is InChI=1S/C18H13N3/c19-18-20-16(12-11-14-7-3-1-4-8-14)13-17(21-18)15-9-5-2-6-10-15/h1-10,13H,(H2,19,20,21). The molecule has 21 heavy (non-hydrogen) atoms. The summed E-state index contributed by atoms with van der Waals surface area (Å²) in [5.41, 5.74) is 9.11. The SMILES string of the molecule is Nc1nc(C#Cc2ccccc2)cc(-c2ccccc2)n1. The largest absolute Gasteiger partial charge is 0.368 e. The van der Waals surface area contributed by atoms with Crippen LogP contribution in [0, 0.1) is 11.8 Å². The van der Waals surface area contributed by atoms with Crippen molar-refractivity contribution in [2.24, 2.45) is 0 Å². The first-order valence-electron chi connectivity index (χ1n) is 6.58. The fraction of sp³-hybridized carbons (Fsp3) is 0. The zero-order valence-electron chi connectivity index (χ0n) is 11.3. The van der Waals surface area contributed by atoms with E-state index < -0.39 is 0 Å². The van der Waals surface area contributed by atoms with Crippen LogP contribution in [0.3, 0.4) is 0 Å². The molecule has 0 aliphatic heterocycles. The zero-order valence-corrected chi connectivity index (χ0v) is 11.3. The average Bonchev–Trinajstić information content (AvgIpc) is 2.54. The van der Waals surface area contributed by atoms with Gasteiger partial charge in [0.15, 0.2) is 0 Å². The van der Waals surface area contributed by atoms with Crippen molar-refractivity contribution >= 4 is 5.95 Å². The fourth-order valence-corrected chi connectivity index (χ4v) is 1.94. The predicted molar refractivity (Wildman–Crippen MR) is 84.3 cm³/mol. The Morgan fingerprint density at radius 1 is 0.762 bits per heavy atom. The molecule has 0 atom stereocenters. The molecule has 0 aliphatic carbocycles. The second-order valence-electron chi connectivity index (χ2n) is 4.48. The van der Waals surface area contributed by atoms with Crippen LogP contribution in [0.25, 0.3) is 11.3 Å². The Hall–Kier alpha value is -3.12. The monoisotopic (exact) mass is 271 g/mol. The lowest BCUT2D eigenvalue weighted by Crippen LogP contribution is -1.98. The van der Waals surface area contributed by atoms with E-state index in [0.717, 1.165) is 16.8 Å². The van der Waals surface area contributed by atoms with Crippen molar-refractivity contribution in [1.29, 1.82) is 0 Å². The molecule has 2 aromatic carbocycles. The van der Waals surface area contributed by atoms with E-state index in [9.17, 15) is 0 Å². The molecule has 1 aromatic heterocycles. The third-order valence-electron chi connectivity index (χ3n) is 2.92. The molecule has 0 saturated heterocycles. The Morgan fingerprint density at radius 3 is 2.14 bits per heavy atom. The number of hydrogen-bond donors (Lipinski definition) is 1. The summed E-state index contributed by atoms with van der Waals surface area (Å²) in [6.07, 6.45) is 0. The van der Waals surface area contributed by atoms with Gasteiger partial charge in [-0.1, -0.05) is 54.5 Å². The molecule has 3 nitrogen and oxygen atoms in total. The minimum absolute atomic E-state index is 0.230. The minimum Gasteiger partial charge on any atom is -0.368 e. The van der Waals surface area contributed by atoms with Crippen molar-refractivity contribution < 1.29 is 0 Å². The van der Waals surface area contributed by atoms with Crippen LogP contribution in [0.15, 0.2) is 66.7 Å². The summed E-state index contributed by atoms with van der Waals surface area (Å²) in [5.74, 6) is 6.33. The smallest absolute Gasteiger partial charge is 0.221 e. The van der Waals surface area contributed by atoms with Crippen molar-refractivity contribution in [1.82, 2.24) is 9.97 Å². The first-order valence-corrected chi connectivity index (χ1v) is 6.58. The average molecular weight is 271 g/mol. The van der Waals surface area contributed by atoms with Crippen LogP contribution < -0.4 is 5.73 Å². The van der Waals surface area contributed by atoms with Crippen molar-refractivity contribution in [2.45, 2.75) is 0 Å². The third kappa shape index (κ3) is 3.26. The molecular weight excluding hydrogens is 258 g/mol. The maximum absolute atomic E-state index is 5.78. The first kappa shape index (κ1) is 12.9. The zero-order chi connectivity index (χ0) is 14.5. The molecular formula is C18H13N3. The van der Waals surface area contributed by atoms with E-state index in [1.807, 2.05) is 66.7 Å². The van der Waals surface area contributed by atoms with Gasteiger partial charge in [0, 0.05) is 11.1 Å². The number of nitrogens with zero attached hydrogens (tertiary/aromatic N) is 2. The van der Waals surface area contributed by atoms with Crippen molar-refractivity contribution in [2.75, 3.05) is 5.73 Å². The number of anilines is 1. The van der Waals surface area contributed by atoms with Gasteiger partial charge in [-0.3, -0.25) is 0 Å². The third-order valence-corrected chi connectivity index (χ3v) is 2.92. The van der Waals surface area contributed by atoms with Gasteiger partial charge >= 0.3 is 0 Å². The second kappa shape index (κ2) is 5.89. The molecule has 2 N–H and O–H groups in total. The number of nitrogens with two attached hydrogens (primary N) is 1. The molecule has 0 bridgehead atoms. The van der Waals surface area contributed by atoms with E-state index in [-0.39, 0.29) is 5.95 Å². The number of hydrogen-bond acceptors (Lipinski definition) is 3. The van der Waals surface area contributed by atoms with Gasteiger partial charge in [0.1, 0.15) is 5.69 Å². The second-order valence-corrected chi connectivity index (χ2v) is 4.48. The van der Waals surface area contributed by atoms with Gasteiger partial charge in [0.25, 0.3) is 0 Å². The molecule has 0 saturated carbocycles. The van der Waals surface area contributed by atoms with Gasteiger partial charge in [-0.05, 0) is 24.1 Å². The molecule has 100 valence electrons.